The van der Waals surface area contributed by atoms with Gasteiger partial charge in [-0.1, -0.05) is 12.8 Å². The summed E-state index contributed by atoms with van der Waals surface area (Å²) in [5.41, 5.74) is -0.622. The molecule has 2 aliphatic rings. The maximum atomic E-state index is 12.0. The van der Waals surface area contributed by atoms with E-state index in [1.54, 1.807) is 6.92 Å². The Bertz CT molecular complexity index is 609. The van der Waals surface area contributed by atoms with Crippen molar-refractivity contribution in [1.82, 2.24) is 0 Å². The van der Waals surface area contributed by atoms with Gasteiger partial charge < -0.3 is 4.74 Å². The quantitative estimate of drug-likeness (QED) is 0.468. The number of hydrogen-bond acceptors (Lipinski definition) is 5. The zero-order valence-electron chi connectivity index (χ0n) is 13.4. The van der Waals surface area contributed by atoms with E-state index >= 15 is 0 Å². The molecule has 1 saturated heterocycles. The fourth-order valence-electron chi connectivity index (χ4n) is 3.92. The van der Waals surface area contributed by atoms with Crippen LogP contribution in [0.5, 0.6) is 0 Å². The molecule has 0 N–H and O–H groups in total. The smallest absolute Gasteiger partial charge is 0.313 e. The Balaban J connectivity index is 1.76. The van der Waals surface area contributed by atoms with Crippen molar-refractivity contribution >= 4 is 28.9 Å². The van der Waals surface area contributed by atoms with Crippen molar-refractivity contribution in [2.75, 3.05) is 0 Å². The van der Waals surface area contributed by atoms with Crippen LogP contribution in [-0.2, 0) is 20.7 Å². The monoisotopic (exact) mass is 334 g/mol. The highest BCUT2D eigenvalue weighted by atomic mass is 32.1. The molecule has 1 aromatic rings. The molecule has 1 aliphatic carbocycles. The van der Waals surface area contributed by atoms with Crippen molar-refractivity contribution < 1.29 is 19.1 Å². The van der Waals surface area contributed by atoms with E-state index in [1.165, 1.54) is 11.3 Å². The first-order chi connectivity index (χ1) is 11.0. The summed E-state index contributed by atoms with van der Waals surface area (Å²) in [4.78, 5) is 37.2. The number of ether oxygens (including phenoxy) is 1. The van der Waals surface area contributed by atoms with E-state index in [-0.39, 0.29) is 24.0 Å². The van der Waals surface area contributed by atoms with Gasteiger partial charge >= 0.3 is 5.97 Å². The summed E-state index contributed by atoms with van der Waals surface area (Å²) in [7, 11) is 0. The maximum absolute atomic E-state index is 12.0. The summed E-state index contributed by atoms with van der Waals surface area (Å²) in [6.07, 6.45) is 6.04. The van der Waals surface area contributed by atoms with Gasteiger partial charge in [0.15, 0.2) is 5.78 Å². The lowest BCUT2D eigenvalue weighted by molar-refractivity contribution is -0.178. The predicted octanol–water partition coefficient (Wildman–Crippen LogP) is 3.72. The molecule has 1 aromatic heterocycles. The molecule has 2 fully saturated rings. The number of carbonyl (C=O) groups excluding carboxylic acids is 3. The highest BCUT2D eigenvalue weighted by molar-refractivity contribution is 7.14. The summed E-state index contributed by atoms with van der Waals surface area (Å²) in [5, 5.41) is 0. The van der Waals surface area contributed by atoms with Crippen LogP contribution in [0.25, 0.3) is 0 Å². The van der Waals surface area contributed by atoms with Crippen molar-refractivity contribution in [3.63, 3.8) is 0 Å². The summed E-state index contributed by atoms with van der Waals surface area (Å²) in [6, 6.07) is 3.82. The van der Waals surface area contributed by atoms with E-state index in [0.29, 0.717) is 18.8 Å². The van der Waals surface area contributed by atoms with E-state index in [9.17, 15) is 14.4 Å². The molecule has 5 heteroatoms. The molecule has 1 saturated carbocycles. The molecule has 0 aromatic carbocycles. The van der Waals surface area contributed by atoms with Gasteiger partial charge in [-0.05, 0) is 50.7 Å². The molecule has 0 amide bonds. The minimum absolute atomic E-state index is 0.00348. The third-order valence-corrected chi connectivity index (χ3v) is 6.30. The van der Waals surface area contributed by atoms with Crippen molar-refractivity contribution in [2.24, 2.45) is 5.92 Å². The van der Waals surface area contributed by atoms with Crippen LogP contribution in [0.15, 0.2) is 12.1 Å². The highest BCUT2D eigenvalue weighted by Crippen LogP contribution is 2.44. The largest absolute Gasteiger partial charge is 0.458 e. The molecular formula is C18H22O4S. The van der Waals surface area contributed by atoms with Crippen LogP contribution >= 0.6 is 11.3 Å². The number of thiophene rings is 1. The molecular weight excluding hydrogens is 312 g/mol. The van der Waals surface area contributed by atoms with Gasteiger partial charge in [0.25, 0.3) is 0 Å². The van der Waals surface area contributed by atoms with Crippen LogP contribution in [-0.4, -0.2) is 23.1 Å². The van der Waals surface area contributed by atoms with E-state index in [0.717, 1.165) is 41.9 Å². The van der Waals surface area contributed by atoms with Crippen molar-refractivity contribution in [3.05, 3.63) is 21.9 Å². The summed E-state index contributed by atoms with van der Waals surface area (Å²) in [6.45, 7) is 1.57. The lowest BCUT2D eigenvalue weighted by atomic mass is 9.76. The lowest BCUT2D eigenvalue weighted by Gasteiger charge is -2.41. The zero-order valence-corrected chi connectivity index (χ0v) is 14.2. The Morgan fingerprint density at radius 2 is 2.04 bits per heavy atom. The Kier molecular flexibility index (Phi) is 4.67. The molecule has 2 heterocycles. The van der Waals surface area contributed by atoms with Crippen LogP contribution in [0.3, 0.4) is 0 Å². The van der Waals surface area contributed by atoms with Gasteiger partial charge in [-0.25, -0.2) is 0 Å². The molecule has 3 rings (SSSR count). The number of cyclic esters (lactones) is 1. The number of ketones is 2. The van der Waals surface area contributed by atoms with E-state index in [1.807, 2.05) is 12.1 Å². The number of carbonyl (C=O) groups is 3. The minimum atomic E-state index is -0.622. The summed E-state index contributed by atoms with van der Waals surface area (Å²) in [5.74, 6) is 0.00137. The van der Waals surface area contributed by atoms with Gasteiger partial charge in [0.1, 0.15) is 17.8 Å². The molecule has 23 heavy (non-hydrogen) atoms. The average molecular weight is 334 g/mol. The van der Waals surface area contributed by atoms with Crippen LogP contribution in [0.1, 0.15) is 66.4 Å². The fourth-order valence-corrected chi connectivity index (χ4v) is 4.82. The number of hydrogen-bond donors (Lipinski definition) is 0. The van der Waals surface area contributed by atoms with Gasteiger partial charge in [0, 0.05) is 11.3 Å². The van der Waals surface area contributed by atoms with Gasteiger partial charge in [-0.3, -0.25) is 14.4 Å². The zero-order chi connectivity index (χ0) is 16.4. The maximum Gasteiger partial charge on any atom is 0.313 e. The molecule has 1 unspecified atom stereocenters. The third kappa shape index (κ3) is 3.55. The predicted molar refractivity (Wildman–Crippen MR) is 87.7 cm³/mol. The van der Waals surface area contributed by atoms with Crippen molar-refractivity contribution in [1.29, 1.82) is 0 Å². The SMILES string of the molecule is CC(=O)c1ccc(CCC2(C3CCCC3)CC(=O)CC(=O)O2)s1. The van der Waals surface area contributed by atoms with Gasteiger partial charge in [0.2, 0.25) is 0 Å². The van der Waals surface area contributed by atoms with Crippen LogP contribution in [0.2, 0.25) is 0 Å². The second-order valence-corrected chi connectivity index (χ2v) is 7.90. The van der Waals surface area contributed by atoms with E-state index < -0.39 is 5.60 Å². The van der Waals surface area contributed by atoms with Gasteiger partial charge in [0.05, 0.1) is 4.88 Å². The fraction of sp³-hybridized carbons (Fsp3) is 0.611. The number of esters is 1. The molecule has 124 valence electrons. The first kappa shape index (κ1) is 16.4. The first-order valence-electron chi connectivity index (χ1n) is 8.32. The number of aryl methyl sites for hydroxylation is 1. The van der Waals surface area contributed by atoms with E-state index in [4.69, 9.17) is 4.74 Å². The van der Waals surface area contributed by atoms with Crippen molar-refractivity contribution in [3.8, 4) is 0 Å². The molecule has 0 bridgehead atoms. The summed E-state index contributed by atoms with van der Waals surface area (Å²) >= 11 is 1.50. The minimum Gasteiger partial charge on any atom is -0.458 e. The highest BCUT2D eigenvalue weighted by Gasteiger charge is 2.47. The molecule has 4 nitrogen and oxygen atoms in total. The number of Topliss-reactive ketones (excluding diaryl/α,β-unsaturated/α-hetero) is 2. The average Bonchev–Trinajstić information content (AvgIpc) is 3.16. The Morgan fingerprint density at radius 1 is 1.30 bits per heavy atom. The Hall–Kier alpha value is -1.49. The second-order valence-electron chi connectivity index (χ2n) is 6.73. The van der Waals surface area contributed by atoms with Crippen LogP contribution < -0.4 is 0 Å². The first-order valence-corrected chi connectivity index (χ1v) is 9.13. The standard InChI is InChI=1S/C18H22O4S/c1-12(19)16-7-6-15(23-16)8-9-18(13-4-2-3-5-13)11-14(20)10-17(21)22-18/h6-7,13H,2-5,8-11H2,1H3. The normalized spacial score (nSPS) is 25.6. The molecule has 0 radical (unpaired) electrons. The van der Waals surface area contributed by atoms with Gasteiger partial charge in [-0.15, -0.1) is 11.3 Å². The topological polar surface area (TPSA) is 60.4 Å². The molecule has 1 aliphatic heterocycles. The second kappa shape index (κ2) is 6.56. The van der Waals surface area contributed by atoms with E-state index in [2.05, 4.69) is 0 Å². The third-order valence-electron chi connectivity index (χ3n) is 5.06. The van der Waals surface area contributed by atoms with Crippen LogP contribution in [0, 0.1) is 5.92 Å². The Labute approximate surface area is 140 Å². The lowest BCUT2D eigenvalue weighted by Crippen LogP contribution is -2.48. The number of rotatable bonds is 5. The molecule has 0 spiro atoms. The summed E-state index contributed by atoms with van der Waals surface area (Å²) < 4.78 is 5.78. The Morgan fingerprint density at radius 3 is 2.65 bits per heavy atom. The van der Waals surface area contributed by atoms with Crippen LogP contribution in [0.4, 0.5) is 0 Å². The molecule has 1 atom stereocenters. The van der Waals surface area contributed by atoms with Crippen molar-refractivity contribution in [2.45, 2.75) is 63.9 Å². The van der Waals surface area contributed by atoms with Gasteiger partial charge in [-0.2, -0.15) is 0 Å².